The van der Waals surface area contributed by atoms with Gasteiger partial charge in [0.1, 0.15) is 11.8 Å². The van der Waals surface area contributed by atoms with E-state index in [2.05, 4.69) is 10.0 Å². The number of anilines is 1. The van der Waals surface area contributed by atoms with E-state index in [-0.39, 0.29) is 22.3 Å². The maximum atomic E-state index is 13.5. The lowest BCUT2D eigenvalue weighted by Crippen LogP contribution is -2.45. The van der Waals surface area contributed by atoms with E-state index in [9.17, 15) is 13.2 Å². The van der Waals surface area contributed by atoms with Crippen LogP contribution in [-0.4, -0.2) is 27.0 Å². The minimum Gasteiger partial charge on any atom is -0.492 e. The number of aryl methyl sites for hydroxylation is 1. The highest BCUT2D eigenvalue weighted by molar-refractivity contribution is 7.89. The van der Waals surface area contributed by atoms with Crippen LogP contribution in [0.5, 0.6) is 5.75 Å². The van der Waals surface area contributed by atoms with E-state index in [1.807, 2.05) is 76.2 Å². The molecule has 1 amide bonds. The van der Waals surface area contributed by atoms with E-state index in [1.54, 1.807) is 0 Å². The average Bonchev–Trinajstić information content (AvgIpc) is 2.81. The zero-order chi connectivity index (χ0) is 25.6. The second-order valence-electron chi connectivity index (χ2n) is 8.57. The molecule has 8 heteroatoms. The number of amides is 1. The van der Waals surface area contributed by atoms with Crippen molar-refractivity contribution in [1.82, 2.24) is 4.72 Å². The molecule has 0 heterocycles. The highest BCUT2D eigenvalue weighted by Crippen LogP contribution is 2.29. The molecule has 1 atom stereocenters. The first kappa shape index (κ1) is 26.7. The summed E-state index contributed by atoms with van der Waals surface area (Å²) in [5, 5.41) is 3.16. The summed E-state index contributed by atoms with van der Waals surface area (Å²) in [5.41, 5.74) is 3.42. The van der Waals surface area contributed by atoms with Gasteiger partial charge in [-0.2, -0.15) is 4.72 Å². The zero-order valence-electron chi connectivity index (χ0n) is 20.3. The van der Waals surface area contributed by atoms with Gasteiger partial charge in [-0.05, 0) is 61.1 Å². The van der Waals surface area contributed by atoms with Gasteiger partial charge in [0, 0.05) is 5.69 Å². The maximum Gasteiger partial charge on any atom is 0.242 e. The Hall–Kier alpha value is -2.87. The number of benzene rings is 3. The molecule has 0 saturated heterocycles. The number of ether oxygens (including phenoxy) is 1. The molecule has 35 heavy (non-hydrogen) atoms. The summed E-state index contributed by atoms with van der Waals surface area (Å²) in [5.74, 6) is 0.138. The van der Waals surface area contributed by atoms with Crippen LogP contribution in [0.1, 0.15) is 43.4 Å². The lowest BCUT2D eigenvalue weighted by molar-refractivity contribution is -0.117. The third-order valence-electron chi connectivity index (χ3n) is 5.59. The molecule has 3 rings (SSSR count). The number of hydrogen-bond donors (Lipinski definition) is 2. The van der Waals surface area contributed by atoms with Crippen molar-refractivity contribution in [2.75, 3.05) is 11.9 Å². The van der Waals surface area contributed by atoms with Crippen LogP contribution in [0.2, 0.25) is 5.02 Å². The van der Waals surface area contributed by atoms with E-state index in [1.165, 1.54) is 18.2 Å². The van der Waals surface area contributed by atoms with Gasteiger partial charge in [0.05, 0.1) is 16.5 Å². The number of sulfonamides is 1. The van der Waals surface area contributed by atoms with Gasteiger partial charge in [0.25, 0.3) is 0 Å². The Morgan fingerprint density at radius 2 is 1.74 bits per heavy atom. The van der Waals surface area contributed by atoms with Crippen molar-refractivity contribution >= 4 is 33.2 Å². The van der Waals surface area contributed by atoms with Crippen molar-refractivity contribution in [2.24, 2.45) is 0 Å². The average molecular weight is 515 g/mol. The van der Waals surface area contributed by atoms with Gasteiger partial charge in [0.2, 0.25) is 15.9 Å². The largest absolute Gasteiger partial charge is 0.492 e. The van der Waals surface area contributed by atoms with E-state index in [0.29, 0.717) is 18.0 Å². The fraction of sp³-hybridized carbons (Fsp3) is 0.296. The lowest BCUT2D eigenvalue weighted by atomic mass is 9.97. The minimum atomic E-state index is -4.06. The number of nitrogens with one attached hydrogen (secondary N) is 2. The topological polar surface area (TPSA) is 84.5 Å². The van der Waals surface area contributed by atoms with E-state index in [4.69, 9.17) is 16.3 Å². The van der Waals surface area contributed by atoms with Crippen LogP contribution in [0.3, 0.4) is 0 Å². The predicted octanol–water partition coefficient (Wildman–Crippen LogP) is 5.70. The Labute approximate surface area is 212 Å². The summed E-state index contributed by atoms with van der Waals surface area (Å²) in [4.78, 5) is 13.4. The molecule has 0 aliphatic rings. The van der Waals surface area contributed by atoms with Crippen LogP contribution in [0, 0.1) is 6.92 Å². The molecule has 0 saturated carbocycles. The molecule has 2 N–H and O–H groups in total. The zero-order valence-corrected chi connectivity index (χ0v) is 21.9. The Kier molecular flexibility index (Phi) is 8.94. The molecule has 6 nitrogen and oxygen atoms in total. The molecular weight excluding hydrogens is 484 g/mol. The Balaban J connectivity index is 1.93. The van der Waals surface area contributed by atoms with Crippen LogP contribution < -0.4 is 14.8 Å². The van der Waals surface area contributed by atoms with Crippen molar-refractivity contribution in [3.63, 3.8) is 0 Å². The number of rotatable bonds is 10. The third kappa shape index (κ3) is 6.84. The van der Waals surface area contributed by atoms with Gasteiger partial charge in [-0.3, -0.25) is 4.79 Å². The van der Waals surface area contributed by atoms with Crippen molar-refractivity contribution < 1.29 is 17.9 Å². The quantitative estimate of drug-likeness (QED) is 0.363. The molecule has 0 unspecified atom stereocenters. The van der Waals surface area contributed by atoms with Gasteiger partial charge < -0.3 is 10.1 Å². The van der Waals surface area contributed by atoms with E-state index >= 15 is 0 Å². The second kappa shape index (κ2) is 11.7. The third-order valence-corrected chi connectivity index (χ3v) is 7.35. The summed E-state index contributed by atoms with van der Waals surface area (Å²) >= 11 is 6.22. The molecule has 0 bridgehead atoms. The molecule has 0 aliphatic carbocycles. The first-order valence-electron chi connectivity index (χ1n) is 11.5. The van der Waals surface area contributed by atoms with Crippen LogP contribution in [0.15, 0.2) is 71.6 Å². The fourth-order valence-electron chi connectivity index (χ4n) is 3.77. The summed E-state index contributed by atoms with van der Waals surface area (Å²) in [6.45, 7) is 8.23. The molecule has 0 fully saturated rings. The Bertz CT molecular complexity index is 1280. The van der Waals surface area contributed by atoms with Crippen molar-refractivity contribution in [1.29, 1.82) is 0 Å². The number of carbonyl (C=O) groups excluding carboxylic acids is 1. The number of halogens is 1. The standard InChI is InChI=1S/C27H31ClN2O4S/c1-5-34-25-15-14-21(17-23(25)28)35(32,33)30-24(16-20-11-7-6-8-12-20)27(31)29-26-19(4)10-9-13-22(26)18(2)3/h6-15,17-18,24,30H,5,16H2,1-4H3,(H,29,31)/t24-/m0/s1. The van der Waals surface area contributed by atoms with Gasteiger partial charge >= 0.3 is 0 Å². The van der Waals surface area contributed by atoms with Gasteiger partial charge in [-0.1, -0.05) is 74.0 Å². The number of hydrogen-bond acceptors (Lipinski definition) is 4. The monoisotopic (exact) mass is 514 g/mol. The summed E-state index contributed by atoms with van der Waals surface area (Å²) < 4.78 is 34.5. The molecule has 3 aromatic rings. The molecular formula is C27H31ClN2O4S. The molecule has 0 radical (unpaired) electrons. The van der Waals surface area contributed by atoms with Crippen LogP contribution in [0.4, 0.5) is 5.69 Å². The van der Waals surface area contributed by atoms with E-state index in [0.717, 1.165) is 16.7 Å². The van der Waals surface area contributed by atoms with Crippen molar-refractivity contribution in [3.05, 3.63) is 88.4 Å². The highest BCUT2D eigenvalue weighted by atomic mass is 35.5. The molecule has 0 spiro atoms. The number of carbonyl (C=O) groups is 1. The van der Waals surface area contributed by atoms with Gasteiger partial charge in [0.15, 0.2) is 0 Å². The second-order valence-corrected chi connectivity index (χ2v) is 10.7. The predicted molar refractivity (Wildman–Crippen MR) is 141 cm³/mol. The van der Waals surface area contributed by atoms with Crippen LogP contribution in [-0.2, 0) is 21.2 Å². The summed E-state index contributed by atoms with van der Waals surface area (Å²) in [6, 6.07) is 18.3. The molecule has 186 valence electrons. The fourth-order valence-corrected chi connectivity index (χ4v) is 5.29. The number of para-hydroxylation sites is 1. The van der Waals surface area contributed by atoms with Crippen molar-refractivity contribution in [3.8, 4) is 5.75 Å². The first-order valence-corrected chi connectivity index (χ1v) is 13.4. The maximum absolute atomic E-state index is 13.5. The molecule has 3 aromatic carbocycles. The van der Waals surface area contributed by atoms with Gasteiger partial charge in [-0.15, -0.1) is 0 Å². The summed E-state index contributed by atoms with van der Waals surface area (Å²) in [7, 11) is -4.06. The smallest absolute Gasteiger partial charge is 0.242 e. The SMILES string of the molecule is CCOc1ccc(S(=O)(=O)N[C@@H](Cc2ccccc2)C(=O)Nc2c(C)cccc2C(C)C)cc1Cl. The van der Waals surface area contributed by atoms with Crippen LogP contribution in [0.25, 0.3) is 0 Å². The highest BCUT2D eigenvalue weighted by Gasteiger charge is 2.28. The Morgan fingerprint density at radius 1 is 1.03 bits per heavy atom. The minimum absolute atomic E-state index is 0.0458. The lowest BCUT2D eigenvalue weighted by Gasteiger charge is -2.22. The van der Waals surface area contributed by atoms with Crippen molar-refractivity contribution in [2.45, 2.75) is 51.0 Å². The normalized spacial score (nSPS) is 12.4. The first-order chi connectivity index (χ1) is 16.6. The van der Waals surface area contributed by atoms with Crippen LogP contribution >= 0.6 is 11.6 Å². The van der Waals surface area contributed by atoms with Gasteiger partial charge in [-0.25, -0.2) is 8.42 Å². The molecule has 0 aromatic heterocycles. The summed E-state index contributed by atoms with van der Waals surface area (Å²) in [6.07, 6.45) is 0.180. The molecule has 0 aliphatic heterocycles. The Morgan fingerprint density at radius 3 is 2.37 bits per heavy atom. The van der Waals surface area contributed by atoms with E-state index < -0.39 is 22.0 Å².